The third-order valence-electron chi connectivity index (χ3n) is 5.62. The van der Waals surface area contributed by atoms with Crippen molar-refractivity contribution in [3.63, 3.8) is 0 Å². The number of nitrogens with zero attached hydrogens (tertiary/aromatic N) is 3. The monoisotopic (exact) mass is 348 g/mol. The van der Waals surface area contributed by atoms with Crippen LogP contribution in [-0.2, 0) is 14.1 Å². The van der Waals surface area contributed by atoms with Crippen LogP contribution >= 0.6 is 0 Å². The molecule has 138 valence electrons. The highest BCUT2D eigenvalue weighted by Crippen LogP contribution is 2.31. The van der Waals surface area contributed by atoms with Crippen LogP contribution in [0.3, 0.4) is 0 Å². The number of nitrogens with two attached hydrogens (primary N) is 1. The van der Waals surface area contributed by atoms with Crippen molar-refractivity contribution >= 4 is 11.6 Å². The smallest absolute Gasteiger partial charge is 0.332 e. The number of rotatable bonds is 6. The number of aromatic nitrogens is 2. The van der Waals surface area contributed by atoms with Gasteiger partial charge in [0.05, 0.1) is 6.54 Å². The lowest BCUT2D eigenvalue weighted by molar-refractivity contribution is 0.0899. The number of ketones is 1. The summed E-state index contributed by atoms with van der Waals surface area (Å²) in [4.78, 5) is 39.4. The Kier molecular flexibility index (Phi) is 5.13. The van der Waals surface area contributed by atoms with Crippen LogP contribution in [0.25, 0.3) is 0 Å². The van der Waals surface area contributed by atoms with Gasteiger partial charge in [0.2, 0.25) is 0 Å². The molecule has 0 amide bonds. The van der Waals surface area contributed by atoms with Gasteiger partial charge >= 0.3 is 5.69 Å². The maximum absolute atomic E-state index is 12.8. The van der Waals surface area contributed by atoms with Crippen LogP contribution in [0.15, 0.2) is 9.59 Å². The fourth-order valence-corrected chi connectivity index (χ4v) is 3.87. The third-order valence-corrected chi connectivity index (χ3v) is 5.62. The van der Waals surface area contributed by atoms with Gasteiger partial charge in [0.25, 0.3) is 5.56 Å². The van der Waals surface area contributed by atoms with Gasteiger partial charge in [-0.25, -0.2) is 4.79 Å². The summed E-state index contributed by atoms with van der Waals surface area (Å²) < 4.78 is 2.11. The number of hydrogen-bond acceptors (Lipinski definition) is 5. The van der Waals surface area contributed by atoms with Crippen molar-refractivity contribution in [3.8, 4) is 0 Å². The van der Waals surface area contributed by atoms with Crippen molar-refractivity contribution in [2.45, 2.75) is 51.0 Å². The molecule has 1 aromatic heterocycles. The van der Waals surface area contributed by atoms with Gasteiger partial charge in [-0.15, -0.1) is 0 Å². The van der Waals surface area contributed by atoms with E-state index >= 15 is 0 Å². The Morgan fingerprint density at radius 3 is 2.32 bits per heavy atom. The minimum absolute atomic E-state index is 0.0356. The average molecular weight is 348 g/mol. The molecule has 0 bridgehead atoms. The van der Waals surface area contributed by atoms with E-state index in [9.17, 15) is 14.4 Å². The molecule has 2 aliphatic rings. The lowest BCUT2D eigenvalue weighted by atomic mass is 9.89. The Labute approximate surface area is 147 Å². The molecule has 1 aromatic rings. The summed E-state index contributed by atoms with van der Waals surface area (Å²) in [7, 11) is 2.86. The fraction of sp³-hybridized carbons (Fsp3) is 0.722. The molecule has 0 radical (unpaired) electrons. The van der Waals surface area contributed by atoms with E-state index in [4.69, 9.17) is 5.73 Å². The van der Waals surface area contributed by atoms with E-state index in [1.54, 1.807) is 0 Å². The Hall–Kier alpha value is -1.89. The van der Waals surface area contributed by atoms with E-state index in [1.807, 2.05) is 0 Å². The van der Waals surface area contributed by atoms with Crippen LogP contribution in [0.4, 0.5) is 5.82 Å². The maximum Gasteiger partial charge on any atom is 0.332 e. The van der Waals surface area contributed by atoms with Crippen LogP contribution in [0.2, 0.25) is 0 Å². The van der Waals surface area contributed by atoms with Crippen molar-refractivity contribution in [2.24, 2.45) is 20.0 Å². The SMILES string of the molecule is Cn1c(N)c(C(=O)CN(CC2CCCCC2)C2CC2)c(=O)n(C)c1=O. The van der Waals surface area contributed by atoms with E-state index in [0.29, 0.717) is 12.0 Å². The maximum atomic E-state index is 12.8. The van der Waals surface area contributed by atoms with Gasteiger partial charge in [-0.3, -0.25) is 23.6 Å². The number of carbonyl (C=O) groups excluding carboxylic acids is 1. The molecule has 0 spiro atoms. The Morgan fingerprint density at radius 1 is 1.08 bits per heavy atom. The van der Waals surface area contributed by atoms with Crippen LogP contribution in [0.1, 0.15) is 55.3 Å². The number of Topliss-reactive ketones (excluding diaryl/α,β-unsaturated/α-hetero) is 1. The lowest BCUT2D eigenvalue weighted by Crippen LogP contribution is -2.44. The first-order chi connectivity index (χ1) is 11.9. The second-order valence-electron chi connectivity index (χ2n) is 7.55. The van der Waals surface area contributed by atoms with Gasteiger partial charge in [0.15, 0.2) is 5.78 Å². The highest BCUT2D eigenvalue weighted by atomic mass is 16.2. The van der Waals surface area contributed by atoms with Crippen LogP contribution in [0, 0.1) is 5.92 Å². The fourth-order valence-electron chi connectivity index (χ4n) is 3.87. The number of carbonyl (C=O) groups is 1. The first-order valence-corrected chi connectivity index (χ1v) is 9.23. The van der Waals surface area contributed by atoms with Crippen LogP contribution < -0.4 is 17.0 Å². The predicted molar refractivity (Wildman–Crippen MR) is 96.8 cm³/mol. The summed E-state index contributed by atoms with van der Waals surface area (Å²) >= 11 is 0. The molecule has 0 atom stereocenters. The van der Waals surface area contributed by atoms with E-state index in [2.05, 4.69) is 4.90 Å². The summed E-state index contributed by atoms with van der Waals surface area (Å²) in [5.41, 5.74) is 4.75. The Morgan fingerprint density at radius 2 is 1.72 bits per heavy atom. The number of nitrogen functional groups attached to an aromatic ring is 1. The standard InChI is InChI=1S/C18H28N4O3/c1-20-16(19)15(17(24)21(2)18(20)25)14(23)11-22(13-8-9-13)10-12-6-4-3-5-7-12/h12-13H,3-11,19H2,1-2H3. The molecule has 2 N–H and O–H groups in total. The van der Waals surface area contributed by atoms with Crippen molar-refractivity contribution in [1.29, 1.82) is 0 Å². The molecule has 7 nitrogen and oxygen atoms in total. The lowest BCUT2D eigenvalue weighted by Gasteiger charge is -2.29. The largest absolute Gasteiger partial charge is 0.384 e. The summed E-state index contributed by atoms with van der Waals surface area (Å²) in [6.07, 6.45) is 8.52. The molecule has 1 heterocycles. The molecular weight excluding hydrogens is 320 g/mol. The number of anilines is 1. The minimum Gasteiger partial charge on any atom is -0.384 e. The first-order valence-electron chi connectivity index (χ1n) is 9.23. The molecule has 0 unspecified atom stereocenters. The normalized spacial score (nSPS) is 18.7. The number of hydrogen-bond donors (Lipinski definition) is 1. The summed E-state index contributed by atoms with van der Waals surface area (Å²) in [5.74, 6) is 0.324. The van der Waals surface area contributed by atoms with Gasteiger partial charge in [0, 0.05) is 26.7 Å². The van der Waals surface area contributed by atoms with Crippen LogP contribution in [0.5, 0.6) is 0 Å². The molecule has 2 fully saturated rings. The minimum atomic E-state index is -0.598. The second-order valence-corrected chi connectivity index (χ2v) is 7.55. The van der Waals surface area contributed by atoms with E-state index in [-0.39, 0.29) is 23.7 Å². The molecule has 7 heteroatoms. The zero-order chi connectivity index (χ0) is 18.1. The zero-order valence-electron chi connectivity index (χ0n) is 15.2. The highest BCUT2D eigenvalue weighted by Gasteiger charge is 2.33. The average Bonchev–Trinajstić information content (AvgIpc) is 3.44. The molecular formula is C18H28N4O3. The predicted octanol–water partition coefficient (Wildman–Crippen LogP) is 0.894. The second kappa shape index (κ2) is 7.15. The van der Waals surface area contributed by atoms with Gasteiger partial charge in [0.1, 0.15) is 11.4 Å². The van der Waals surface area contributed by atoms with E-state index < -0.39 is 11.2 Å². The highest BCUT2D eigenvalue weighted by molar-refractivity contribution is 6.01. The molecule has 0 saturated heterocycles. The quantitative estimate of drug-likeness (QED) is 0.771. The molecule has 25 heavy (non-hydrogen) atoms. The van der Waals surface area contributed by atoms with Gasteiger partial charge < -0.3 is 5.73 Å². The molecule has 2 aliphatic carbocycles. The summed E-state index contributed by atoms with van der Waals surface area (Å²) in [5, 5.41) is 0. The van der Waals surface area contributed by atoms with Gasteiger partial charge in [-0.05, 0) is 31.6 Å². The topological polar surface area (TPSA) is 90.3 Å². The Balaban J connectivity index is 1.80. The van der Waals surface area contributed by atoms with Crippen molar-refractivity contribution in [3.05, 3.63) is 26.4 Å². The van der Waals surface area contributed by atoms with Crippen molar-refractivity contribution in [1.82, 2.24) is 14.0 Å². The summed E-state index contributed by atoms with van der Waals surface area (Å²) in [6, 6.07) is 0.448. The third kappa shape index (κ3) is 3.71. The molecule has 2 saturated carbocycles. The van der Waals surface area contributed by atoms with Gasteiger partial charge in [-0.2, -0.15) is 0 Å². The molecule has 3 rings (SSSR count). The van der Waals surface area contributed by atoms with Crippen molar-refractivity contribution in [2.75, 3.05) is 18.8 Å². The molecule has 0 aromatic carbocycles. The molecule has 0 aliphatic heterocycles. The zero-order valence-corrected chi connectivity index (χ0v) is 15.2. The van der Waals surface area contributed by atoms with Crippen molar-refractivity contribution < 1.29 is 4.79 Å². The van der Waals surface area contributed by atoms with E-state index in [1.165, 1.54) is 46.2 Å². The first kappa shape index (κ1) is 17.9. The van der Waals surface area contributed by atoms with Gasteiger partial charge in [-0.1, -0.05) is 19.3 Å². The van der Waals surface area contributed by atoms with Crippen LogP contribution in [-0.4, -0.2) is 38.9 Å². The van der Waals surface area contributed by atoms with E-state index in [0.717, 1.165) is 28.5 Å². The summed E-state index contributed by atoms with van der Waals surface area (Å²) in [6.45, 7) is 1.13. The Bertz CT molecular complexity index is 770.